The van der Waals surface area contributed by atoms with Crippen LogP contribution >= 0.6 is 0 Å². The molecule has 0 aromatic heterocycles. The number of quaternary nitrogens is 1. The average molecular weight is 479 g/mol. The van der Waals surface area contributed by atoms with Gasteiger partial charge in [0.05, 0.1) is 45.6 Å². The molecular weight excluding hydrogens is 442 g/mol. The van der Waals surface area contributed by atoms with E-state index in [2.05, 4.69) is 18.0 Å². The second-order valence-electron chi connectivity index (χ2n) is 10.1. The van der Waals surface area contributed by atoms with E-state index in [1.165, 1.54) is 5.56 Å². The molecule has 2 heterocycles. The molecule has 1 N–H and O–H groups in total. The third-order valence-corrected chi connectivity index (χ3v) is 7.15. The van der Waals surface area contributed by atoms with E-state index in [0.29, 0.717) is 17.2 Å². The van der Waals surface area contributed by atoms with Gasteiger partial charge < -0.3 is 19.3 Å². The number of hydrogen-bond acceptors (Lipinski definition) is 6. The Morgan fingerprint density at radius 3 is 2.34 bits per heavy atom. The molecule has 35 heavy (non-hydrogen) atoms. The van der Waals surface area contributed by atoms with Gasteiger partial charge in [-0.25, -0.2) is 10.2 Å². The van der Waals surface area contributed by atoms with Gasteiger partial charge in [-0.3, -0.25) is 4.99 Å². The molecule has 2 aromatic rings. The molecule has 1 fully saturated rings. The highest BCUT2D eigenvalue weighted by atomic mass is 16.5. The van der Waals surface area contributed by atoms with Crippen molar-refractivity contribution < 1.29 is 18.8 Å². The summed E-state index contributed by atoms with van der Waals surface area (Å²) in [7, 11) is 12.5. The Labute approximate surface area is 207 Å². The normalized spacial score (nSPS) is 19.8. The van der Waals surface area contributed by atoms with E-state index in [1.54, 1.807) is 47.3 Å². The van der Waals surface area contributed by atoms with Crippen molar-refractivity contribution in [3.63, 3.8) is 0 Å². The Kier molecular flexibility index (Phi) is 6.71. The van der Waals surface area contributed by atoms with Crippen LogP contribution in [0.25, 0.3) is 0 Å². The van der Waals surface area contributed by atoms with Gasteiger partial charge in [0.1, 0.15) is 0 Å². The second-order valence-corrected chi connectivity index (χ2v) is 10.1. The SMILES string of the molecule is COc1cc2c(cc1OC)[C@H]1CN(C)CC[C@H]1N=C2c1ccc(C(=O)[N+](C)(C)C(=N)N(C)C)cc1. The van der Waals surface area contributed by atoms with Gasteiger partial charge in [0.2, 0.25) is 0 Å². The van der Waals surface area contributed by atoms with Crippen molar-refractivity contribution in [1.29, 1.82) is 5.41 Å². The first-order chi connectivity index (χ1) is 16.6. The van der Waals surface area contributed by atoms with Crippen LogP contribution in [0.3, 0.4) is 0 Å². The van der Waals surface area contributed by atoms with Gasteiger partial charge >= 0.3 is 11.9 Å². The molecule has 2 aliphatic heterocycles. The number of carbonyl (C=O) groups is 1. The number of guanidine groups is 1. The van der Waals surface area contributed by atoms with Gasteiger partial charge in [-0.15, -0.1) is 0 Å². The van der Waals surface area contributed by atoms with Crippen LogP contribution in [0.5, 0.6) is 11.5 Å². The first kappa shape index (κ1) is 24.9. The van der Waals surface area contributed by atoms with Crippen molar-refractivity contribution in [3.8, 4) is 11.5 Å². The summed E-state index contributed by atoms with van der Waals surface area (Å²) >= 11 is 0. The molecule has 0 saturated carbocycles. The Morgan fingerprint density at radius 2 is 1.74 bits per heavy atom. The lowest BCUT2D eigenvalue weighted by atomic mass is 9.79. The highest BCUT2D eigenvalue weighted by molar-refractivity contribution is 6.15. The fraction of sp³-hybridized carbons (Fsp3) is 0.444. The number of hydrogen-bond donors (Lipinski definition) is 1. The summed E-state index contributed by atoms with van der Waals surface area (Å²) in [5.74, 6) is 1.78. The highest BCUT2D eigenvalue weighted by Gasteiger charge is 2.37. The lowest BCUT2D eigenvalue weighted by molar-refractivity contribution is -0.717. The van der Waals surface area contributed by atoms with Crippen molar-refractivity contribution >= 4 is 17.6 Å². The average Bonchev–Trinajstić information content (AvgIpc) is 2.86. The largest absolute Gasteiger partial charge is 0.493 e. The van der Waals surface area contributed by atoms with Crippen LogP contribution in [0, 0.1) is 5.41 Å². The maximum atomic E-state index is 13.2. The Morgan fingerprint density at radius 1 is 1.11 bits per heavy atom. The topological polar surface area (TPSA) is 78.2 Å². The minimum absolute atomic E-state index is 0.136. The number of ether oxygens (including phenoxy) is 2. The molecule has 0 aliphatic carbocycles. The zero-order valence-electron chi connectivity index (χ0n) is 21.8. The third-order valence-electron chi connectivity index (χ3n) is 7.15. The van der Waals surface area contributed by atoms with Crippen molar-refractivity contribution in [2.75, 3.05) is 62.5 Å². The molecule has 0 radical (unpaired) electrons. The molecule has 0 bridgehead atoms. The summed E-state index contributed by atoms with van der Waals surface area (Å²) in [6, 6.07) is 11.9. The summed E-state index contributed by atoms with van der Waals surface area (Å²) in [6.45, 7) is 1.96. The van der Waals surface area contributed by atoms with Crippen molar-refractivity contribution in [2.45, 2.75) is 18.4 Å². The van der Waals surface area contributed by atoms with Crippen LogP contribution in [0.4, 0.5) is 0 Å². The monoisotopic (exact) mass is 478 g/mol. The van der Waals surface area contributed by atoms with Crippen molar-refractivity contribution in [3.05, 3.63) is 58.7 Å². The number of fused-ring (bicyclic) bond motifs is 3. The number of benzene rings is 2. The Hall–Kier alpha value is -3.23. The van der Waals surface area contributed by atoms with E-state index >= 15 is 0 Å². The smallest absolute Gasteiger partial charge is 0.353 e. The number of piperidine rings is 1. The summed E-state index contributed by atoms with van der Waals surface area (Å²) in [5.41, 5.74) is 4.71. The van der Waals surface area contributed by atoms with Crippen LogP contribution in [-0.4, -0.2) is 100 Å². The summed E-state index contributed by atoms with van der Waals surface area (Å²) in [5, 5.41) is 8.31. The predicted octanol–water partition coefficient (Wildman–Crippen LogP) is 3.06. The molecule has 1 amide bonds. The molecule has 2 aromatic carbocycles. The van der Waals surface area contributed by atoms with E-state index in [-0.39, 0.29) is 22.4 Å². The lowest BCUT2D eigenvalue weighted by Gasteiger charge is -2.39. The maximum absolute atomic E-state index is 13.2. The molecule has 1 saturated heterocycles. The van der Waals surface area contributed by atoms with Gasteiger partial charge in [0, 0.05) is 37.7 Å². The molecule has 8 nitrogen and oxygen atoms in total. The molecule has 186 valence electrons. The molecule has 2 aliphatic rings. The highest BCUT2D eigenvalue weighted by Crippen LogP contribution is 2.42. The number of carbonyl (C=O) groups excluding carboxylic acids is 1. The van der Waals surface area contributed by atoms with E-state index in [0.717, 1.165) is 42.1 Å². The van der Waals surface area contributed by atoms with E-state index in [4.69, 9.17) is 19.9 Å². The Bertz CT molecular complexity index is 1170. The molecular formula is C27H36N5O3+. The number of nitrogens with one attached hydrogen (secondary N) is 1. The minimum Gasteiger partial charge on any atom is -0.493 e. The van der Waals surface area contributed by atoms with E-state index in [9.17, 15) is 4.79 Å². The standard InChI is InChI=1S/C27H36N5O3/c1-30(2)27(28)32(4,5)26(33)18-10-8-17(9-11-18)25-20-15-24(35-7)23(34-6)14-19(20)21-16-31(3)13-12-22(21)29-25/h8-11,14-15,21-22,28H,12-13,16H2,1-7H3/q+1/t21-,22-/m1/s1. The Balaban J connectivity index is 1.75. The van der Waals surface area contributed by atoms with Crippen molar-refractivity contribution in [2.24, 2.45) is 4.99 Å². The first-order valence-electron chi connectivity index (χ1n) is 11.9. The van der Waals surface area contributed by atoms with Crippen LogP contribution < -0.4 is 9.47 Å². The second kappa shape index (κ2) is 9.43. The number of amides is 1. The van der Waals surface area contributed by atoms with E-state index < -0.39 is 0 Å². The van der Waals surface area contributed by atoms with Gasteiger partial charge in [-0.2, -0.15) is 4.48 Å². The lowest BCUT2D eigenvalue weighted by Crippen LogP contribution is -2.55. The summed E-state index contributed by atoms with van der Waals surface area (Å²) < 4.78 is 11.1. The third kappa shape index (κ3) is 4.44. The summed E-state index contributed by atoms with van der Waals surface area (Å²) in [6.07, 6.45) is 0.993. The number of rotatable bonds is 4. The number of likely N-dealkylation sites (tertiary alicyclic amines) is 1. The molecule has 8 heteroatoms. The fourth-order valence-electron chi connectivity index (χ4n) is 5.12. The van der Waals surface area contributed by atoms with Crippen LogP contribution in [0.1, 0.15) is 39.4 Å². The molecule has 0 spiro atoms. The van der Waals surface area contributed by atoms with E-state index in [1.807, 2.05) is 30.3 Å². The zero-order chi connectivity index (χ0) is 25.5. The summed E-state index contributed by atoms with van der Waals surface area (Å²) in [4.78, 5) is 22.4. The quantitative estimate of drug-likeness (QED) is 0.415. The van der Waals surface area contributed by atoms with Gasteiger partial charge in [0.15, 0.2) is 11.5 Å². The van der Waals surface area contributed by atoms with Crippen LogP contribution in [0.15, 0.2) is 41.4 Å². The van der Waals surface area contributed by atoms with Crippen LogP contribution in [-0.2, 0) is 0 Å². The van der Waals surface area contributed by atoms with Crippen LogP contribution in [0.2, 0.25) is 0 Å². The number of nitrogens with zero attached hydrogens (tertiary/aromatic N) is 4. The maximum Gasteiger partial charge on any atom is 0.353 e. The minimum atomic E-state index is -0.162. The fourth-order valence-corrected chi connectivity index (χ4v) is 5.12. The number of aliphatic imine (C=N–C) groups is 1. The number of methoxy groups -OCH3 is 2. The molecule has 4 rings (SSSR count). The number of likely N-dealkylation sites (N-methyl/N-ethyl adjacent to an activating group) is 1. The van der Waals surface area contributed by atoms with Gasteiger partial charge in [-0.05, 0) is 49.8 Å². The zero-order valence-corrected chi connectivity index (χ0v) is 21.8. The first-order valence-corrected chi connectivity index (χ1v) is 11.9. The molecule has 2 atom stereocenters. The predicted molar refractivity (Wildman–Crippen MR) is 138 cm³/mol. The van der Waals surface area contributed by atoms with Crippen molar-refractivity contribution in [1.82, 2.24) is 9.80 Å². The van der Waals surface area contributed by atoms with Gasteiger partial charge in [0.25, 0.3) is 0 Å². The molecule has 0 unspecified atom stereocenters. The van der Waals surface area contributed by atoms with Gasteiger partial charge in [-0.1, -0.05) is 12.1 Å².